The first-order chi connectivity index (χ1) is 8.31. The van der Waals surface area contributed by atoms with E-state index in [9.17, 15) is 4.79 Å². The number of nitrogens with zero attached hydrogens (tertiary/aromatic N) is 1. The second-order valence-corrected chi connectivity index (χ2v) is 5.32. The van der Waals surface area contributed by atoms with Gasteiger partial charge in [-0.05, 0) is 25.8 Å². The van der Waals surface area contributed by atoms with Crippen LogP contribution in [0.5, 0.6) is 0 Å². The molecule has 1 amide bonds. The summed E-state index contributed by atoms with van der Waals surface area (Å²) in [6.07, 6.45) is 8.25. The molecule has 2 aliphatic rings. The van der Waals surface area contributed by atoms with E-state index in [2.05, 4.69) is 0 Å². The number of nitrogens with two attached hydrogens (primary N) is 1. The van der Waals surface area contributed by atoms with Gasteiger partial charge in [-0.25, -0.2) is 4.79 Å². The highest BCUT2D eigenvalue weighted by Crippen LogP contribution is 2.25. The fourth-order valence-electron chi connectivity index (χ4n) is 2.96. The van der Waals surface area contributed by atoms with Crippen LogP contribution in [0.2, 0.25) is 0 Å². The highest BCUT2D eigenvalue weighted by atomic mass is 16.6. The van der Waals surface area contributed by atoms with Crippen molar-refractivity contribution >= 4 is 6.09 Å². The average molecular weight is 240 g/mol. The van der Waals surface area contributed by atoms with Crippen LogP contribution in [0, 0.1) is 5.92 Å². The molecule has 2 rings (SSSR count). The minimum absolute atomic E-state index is 0.106. The fourth-order valence-corrected chi connectivity index (χ4v) is 2.96. The van der Waals surface area contributed by atoms with Crippen LogP contribution in [-0.4, -0.2) is 36.7 Å². The van der Waals surface area contributed by atoms with Crippen LogP contribution in [-0.2, 0) is 4.74 Å². The molecular formula is C13H24N2O2. The number of rotatable bonds is 3. The van der Waals surface area contributed by atoms with Gasteiger partial charge in [0.05, 0.1) is 6.61 Å². The summed E-state index contributed by atoms with van der Waals surface area (Å²) >= 11 is 0. The van der Waals surface area contributed by atoms with Crippen LogP contribution >= 0.6 is 0 Å². The van der Waals surface area contributed by atoms with E-state index in [-0.39, 0.29) is 6.09 Å². The molecule has 4 nitrogen and oxygen atoms in total. The van der Waals surface area contributed by atoms with Gasteiger partial charge in [-0.3, -0.25) is 0 Å². The van der Waals surface area contributed by atoms with E-state index in [0.29, 0.717) is 25.1 Å². The van der Waals surface area contributed by atoms with Crippen molar-refractivity contribution in [3.63, 3.8) is 0 Å². The van der Waals surface area contributed by atoms with Gasteiger partial charge in [-0.1, -0.05) is 25.7 Å². The van der Waals surface area contributed by atoms with Gasteiger partial charge in [-0.2, -0.15) is 0 Å². The highest BCUT2D eigenvalue weighted by Gasteiger charge is 2.32. The molecule has 0 bridgehead atoms. The van der Waals surface area contributed by atoms with Crippen molar-refractivity contribution in [3.05, 3.63) is 0 Å². The summed E-state index contributed by atoms with van der Waals surface area (Å²) < 4.78 is 5.28. The molecule has 1 atom stereocenters. The maximum absolute atomic E-state index is 11.8. The third-order valence-electron chi connectivity index (χ3n) is 3.97. The molecule has 1 saturated carbocycles. The van der Waals surface area contributed by atoms with Crippen molar-refractivity contribution in [2.75, 3.05) is 19.7 Å². The van der Waals surface area contributed by atoms with Crippen LogP contribution in [0.15, 0.2) is 0 Å². The third-order valence-corrected chi connectivity index (χ3v) is 3.97. The van der Waals surface area contributed by atoms with Crippen molar-refractivity contribution in [2.45, 2.75) is 51.0 Å². The molecule has 17 heavy (non-hydrogen) atoms. The van der Waals surface area contributed by atoms with Crippen molar-refractivity contribution in [1.82, 2.24) is 4.90 Å². The van der Waals surface area contributed by atoms with Gasteiger partial charge >= 0.3 is 6.09 Å². The van der Waals surface area contributed by atoms with E-state index in [0.717, 1.165) is 25.8 Å². The van der Waals surface area contributed by atoms with E-state index in [1.54, 1.807) is 0 Å². The lowest BCUT2D eigenvalue weighted by Gasteiger charge is -2.37. The Kier molecular flexibility index (Phi) is 4.66. The molecule has 0 spiro atoms. The smallest absolute Gasteiger partial charge is 0.410 e. The van der Waals surface area contributed by atoms with E-state index in [4.69, 9.17) is 10.5 Å². The summed E-state index contributed by atoms with van der Waals surface area (Å²) in [5.74, 6) is 0.431. The molecule has 98 valence electrons. The van der Waals surface area contributed by atoms with Crippen molar-refractivity contribution in [3.8, 4) is 0 Å². The van der Waals surface area contributed by atoms with E-state index < -0.39 is 0 Å². The first-order valence-corrected chi connectivity index (χ1v) is 6.94. The zero-order valence-electron chi connectivity index (χ0n) is 10.6. The molecule has 2 fully saturated rings. The van der Waals surface area contributed by atoms with Gasteiger partial charge in [0.1, 0.15) is 0 Å². The summed E-state index contributed by atoms with van der Waals surface area (Å²) in [5, 5.41) is 0. The summed E-state index contributed by atoms with van der Waals surface area (Å²) in [5.41, 5.74) is 5.58. The molecule has 1 aliphatic heterocycles. The van der Waals surface area contributed by atoms with E-state index in [1.807, 2.05) is 4.90 Å². The summed E-state index contributed by atoms with van der Waals surface area (Å²) in [6.45, 7) is 2.08. The molecule has 1 saturated heterocycles. The highest BCUT2D eigenvalue weighted by molar-refractivity contribution is 5.68. The van der Waals surface area contributed by atoms with E-state index in [1.165, 1.54) is 25.7 Å². The predicted octanol–water partition coefficient (Wildman–Crippen LogP) is 2.13. The number of carbonyl (C=O) groups is 1. The lowest BCUT2D eigenvalue weighted by molar-refractivity contribution is 0.0218. The first kappa shape index (κ1) is 12.7. The topological polar surface area (TPSA) is 55.6 Å². The molecule has 0 radical (unpaired) electrons. The number of cyclic esters (lactones) is 1. The van der Waals surface area contributed by atoms with Gasteiger partial charge in [0, 0.05) is 18.5 Å². The molecule has 1 aliphatic carbocycles. The Morgan fingerprint density at radius 3 is 2.59 bits per heavy atom. The van der Waals surface area contributed by atoms with Gasteiger partial charge in [0.25, 0.3) is 0 Å². The monoisotopic (exact) mass is 240 g/mol. The van der Waals surface area contributed by atoms with Crippen molar-refractivity contribution in [1.29, 1.82) is 0 Å². The average Bonchev–Trinajstić information content (AvgIpc) is 2.60. The van der Waals surface area contributed by atoms with E-state index >= 15 is 0 Å². The maximum atomic E-state index is 11.8. The Balaban J connectivity index is 1.93. The molecule has 0 aromatic rings. The molecule has 4 heteroatoms. The lowest BCUT2D eigenvalue weighted by atomic mass is 10.0. The van der Waals surface area contributed by atoms with Gasteiger partial charge < -0.3 is 15.4 Å². The number of amides is 1. The molecule has 1 heterocycles. The van der Waals surface area contributed by atoms with Gasteiger partial charge in [-0.15, -0.1) is 0 Å². The molecule has 2 N–H and O–H groups in total. The van der Waals surface area contributed by atoms with Crippen LogP contribution in [0.4, 0.5) is 4.79 Å². The molecule has 0 aromatic heterocycles. The Hall–Kier alpha value is -0.770. The third kappa shape index (κ3) is 3.35. The number of ether oxygens (including phenoxy) is 1. The Bertz CT molecular complexity index is 250. The number of hydrogen-bond acceptors (Lipinski definition) is 3. The standard InChI is InChI=1S/C13H24N2O2/c14-8-7-11-9-15(13(16)17-10-11)12-5-3-1-2-4-6-12/h11-12H,1-10,14H2. The van der Waals surface area contributed by atoms with Crippen LogP contribution in [0.1, 0.15) is 44.9 Å². The zero-order valence-corrected chi connectivity index (χ0v) is 10.6. The number of hydrogen-bond donors (Lipinski definition) is 1. The lowest BCUT2D eigenvalue weighted by Crippen LogP contribution is -2.48. The normalized spacial score (nSPS) is 27.7. The first-order valence-electron chi connectivity index (χ1n) is 6.94. The SMILES string of the molecule is NCCC1COC(=O)N(C2CCCCCC2)C1. The van der Waals surface area contributed by atoms with Crippen molar-refractivity contribution < 1.29 is 9.53 Å². The maximum Gasteiger partial charge on any atom is 0.410 e. The Morgan fingerprint density at radius 2 is 1.94 bits per heavy atom. The van der Waals surface area contributed by atoms with Gasteiger partial charge in [0.15, 0.2) is 0 Å². The quantitative estimate of drug-likeness (QED) is 0.769. The van der Waals surface area contributed by atoms with Crippen LogP contribution in [0.25, 0.3) is 0 Å². The second-order valence-electron chi connectivity index (χ2n) is 5.32. The minimum Gasteiger partial charge on any atom is -0.449 e. The zero-order chi connectivity index (χ0) is 12.1. The fraction of sp³-hybridized carbons (Fsp3) is 0.923. The predicted molar refractivity (Wildman–Crippen MR) is 66.7 cm³/mol. The number of carbonyl (C=O) groups excluding carboxylic acids is 1. The van der Waals surface area contributed by atoms with Gasteiger partial charge in [0.2, 0.25) is 0 Å². The minimum atomic E-state index is -0.106. The second kappa shape index (κ2) is 6.24. The summed E-state index contributed by atoms with van der Waals surface area (Å²) in [4.78, 5) is 13.8. The molecular weight excluding hydrogens is 216 g/mol. The Labute approximate surface area is 103 Å². The summed E-state index contributed by atoms with van der Waals surface area (Å²) in [7, 11) is 0. The Morgan fingerprint density at radius 1 is 1.24 bits per heavy atom. The van der Waals surface area contributed by atoms with Crippen molar-refractivity contribution in [2.24, 2.45) is 11.7 Å². The van der Waals surface area contributed by atoms with Crippen LogP contribution < -0.4 is 5.73 Å². The largest absolute Gasteiger partial charge is 0.449 e. The molecule has 1 unspecified atom stereocenters. The molecule has 0 aromatic carbocycles. The summed E-state index contributed by atoms with van der Waals surface area (Å²) in [6, 6.07) is 0.408. The van der Waals surface area contributed by atoms with Crippen LogP contribution in [0.3, 0.4) is 0 Å².